The van der Waals surface area contributed by atoms with Gasteiger partial charge in [0.2, 0.25) is 17.8 Å². The van der Waals surface area contributed by atoms with E-state index in [0.29, 0.717) is 66.1 Å². The quantitative estimate of drug-likeness (QED) is 0.0786. The van der Waals surface area contributed by atoms with Crippen LogP contribution in [0.15, 0.2) is 76.9 Å². The lowest BCUT2D eigenvalue weighted by Gasteiger charge is -2.42. The predicted molar refractivity (Wildman–Crippen MR) is 321 cm³/mol. The molecular formula is C63H79FN12O4S. The molecule has 4 atom stereocenters. The van der Waals surface area contributed by atoms with Crippen LogP contribution < -0.4 is 25.3 Å². The van der Waals surface area contributed by atoms with Crippen molar-refractivity contribution in [3.8, 4) is 27.4 Å². The van der Waals surface area contributed by atoms with Crippen LogP contribution in [0, 0.1) is 24.6 Å². The number of likely N-dealkylation sites (N-methyl/N-ethyl adjacent to an activating group) is 1. The van der Waals surface area contributed by atoms with Crippen molar-refractivity contribution in [3.63, 3.8) is 0 Å². The molecule has 12 rings (SSSR count). The lowest BCUT2D eigenvalue weighted by molar-refractivity contribution is -0.138. The number of carbonyl (C=O) groups excluding carboxylic acids is 2. The van der Waals surface area contributed by atoms with E-state index in [1.165, 1.54) is 12.8 Å². The van der Waals surface area contributed by atoms with Gasteiger partial charge in [0, 0.05) is 82.3 Å². The van der Waals surface area contributed by atoms with Crippen LogP contribution in [0.25, 0.3) is 43.4 Å². The Morgan fingerprint density at radius 1 is 0.914 bits per heavy atom. The van der Waals surface area contributed by atoms with Crippen molar-refractivity contribution < 1.29 is 23.6 Å². The largest absolute Gasteiger partial charge is 0.508 e. The number of hydrogen-bond acceptors (Lipinski definition) is 15. The first kappa shape index (κ1) is 56.1. The number of aromatic nitrogens is 5. The van der Waals surface area contributed by atoms with Gasteiger partial charge in [-0.05, 0) is 137 Å². The molecule has 428 valence electrons. The molecule has 0 radical (unpaired) electrons. The molecule has 7 aromatic rings. The molecule has 2 bridgehead atoms. The van der Waals surface area contributed by atoms with E-state index in [0.717, 1.165) is 141 Å². The zero-order chi connectivity index (χ0) is 56.3. The third-order valence-corrected chi connectivity index (χ3v) is 18.4. The van der Waals surface area contributed by atoms with Gasteiger partial charge in [-0.15, -0.1) is 11.3 Å². The maximum Gasteiger partial charge on any atom is 0.243 e. The van der Waals surface area contributed by atoms with Crippen LogP contribution in [-0.4, -0.2) is 135 Å². The minimum atomic E-state index is -0.512. The van der Waals surface area contributed by atoms with Gasteiger partial charge in [-0.3, -0.25) is 14.6 Å². The Hall–Kier alpha value is -6.76. The molecule has 5 aliphatic heterocycles. The van der Waals surface area contributed by atoms with Crippen molar-refractivity contribution in [1.82, 2.24) is 45.5 Å². The van der Waals surface area contributed by atoms with Gasteiger partial charge in [0.05, 0.1) is 33.9 Å². The molecule has 18 heteroatoms. The minimum Gasteiger partial charge on any atom is -0.508 e. The Balaban J connectivity index is 0.00000225. The van der Waals surface area contributed by atoms with Gasteiger partial charge in [0.25, 0.3) is 0 Å². The summed E-state index contributed by atoms with van der Waals surface area (Å²) < 4.78 is 23.1. The normalized spacial score (nSPS) is 19.9. The molecule has 0 saturated carbocycles. The summed E-state index contributed by atoms with van der Waals surface area (Å²) in [6.07, 6.45) is 10.9. The third kappa shape index (κ3) is 12.1. The average Bonchev–Trinajstić information content (AvgIpc) is 4.34. The highest BCUT2D eigenvalue weighted by Crippen LogP contribution is 2.40. The van der Waals surface area contributed by atoms with E-state index >= 15 is 4.39 Å². The van der Waals surface area contributed by atoms with E-state index in [1.54, 1.807) is 34.6 Å². The average molecular weight is 1120 g/mol. The predicted octanol–water partition coefficient (Wildman–Crippen LogP) is 10.5. The number of carbonyl (C=O) groups is 2. The van der Waals surface area contributed by atoms with Crippen molar-refractivity contribution in [2.45, 2.75) is 130 Å². The number of benzene rings is 3. The van der Waals surface area contributed by atoms with E-state index in [4.69, 9.17) is 19.5 Å². The number of fused-ring (bicyclic) bond motifs is 4. The minimum absolute atomic E-state index is 0.0667. The number of amides is 2. The molecule has 3 N–H and O–H groups in total. The lowest BCUT2D eigenvalue weighted by Crippen LogP contribution is -2.51. The second kappa shape index (κ2) is 24.8. The molecule has 81 heavy (non-hydrogen) atoms. The number of thiazole rings is 1. The first-order chi connectivity index (χ1) is 39.4. The number of halogens is 1. The number of pyridine rings is 1. The molecule has 16 nitrogen and oxygen atoms in total. The van der Waals surface area contributed by atoms with Crippen LogP contribution in [0.1, 0.15) is 115 Å². The molecule has 4 unspecified atom stereocenters. The number of rotatable bonds is 17. The second-order valence-corrected chi connectivity index (χ2v) is 24.1. The number of phenolic OH excluding ortho intramolecular Hbond substituents is 1. The van der Waals surface area contributed by atoms with E-state index in [-0.39, 0.29) is 41.2 Å². The topological polar surface area (TPSA) is 172 Å². The third-order valence-electron chi connectivity index (χ3n) is 17.4. The van der Waals surface area contributed by atoms with Gasteiger partial charge in [-0.25, -0.2) is 14.4 Å². The number of hydrogen-bond donors (Lipinski definition) is 3. The number of nitrogens with zero attached hydrogens (tertiary/aromatic N) is 10. The van der Waals surface area contributed by atoms with Crippen molar-refractivity contribution in [2.24, 2.45) is 11.8 Å². The van der Waals surface area contributed by atoms with Crippen LogP contribution in [0.2, 0.25) is 0 Å². The second-order valence-electron chi connectivity index (χ2n) is 23.2. The van der Waals surface area contributed by atoms with E-state index in [1.807, 2.05) is 49.7 Å². The van der Waals surface area contributed by atoms with E-state index in [2.05, 4.69) is 86.3 Å². The highest BCUT2D eigenvalue weighted by atomic mass is 32.1. The Labute approximate surface area is 479 Å². The first-order valence-corrected chi connectivity index (χ1v) is 30.7. The number of likely N-dealkylation sites (tertiary alicyclic amines) is 2. The molecule has 0 spiro atoms. The van der Waals surface area contributed by atoms with Crippen molar-refractivity contribution in [2.75, 3.05) is 80.1 Å². The van der Waals surface area contributed by atoms with Gasteiger partial charge >= 0.3 is 0 Å². The monoisotopic (exact) mass is 1120 g/mol. The summed E-state index contributed by atoms with van der Waals surface area (Å²) in [4.78, 5) is 58.7. The summed E-state index contributed by atoms with van der Waals surface area (Å²) >= 11 is 1.62. The number of piperazine rings is 1. The van der Waals surface area contributed by atoms with Gasteiger partial charge < -0.3 is 44.8 Å². The van der Waals surface area contributed by atoms with Crippen molar-refractivity contribution in [3.05, 3.63) is 101 Å². The van der Waals surface area contributed by atoms with Crippen LogP contribution in [0.5, 0.6) is 5.75 Å². The molecular weight excluding hydrogens is 1040 g/mol. The fourth-order valence-corrected chi connectivity index (χ4v) is 13.9. The van der Waals surface area contributed by atoms with Gasteiger partial charge in [-0.1, -0.05) is 74.8 Å². The molecule has 4 aromatic heterocycles. The van der Waals surface area contributed by atoms with E-state index in [9.17, 15) is 14.7 Å². The van der Waals surface area contributed by atoms with Crippen LogP contribution in [-0.2, 0) is 22.4 Å². The number of aryl methyl sites for hydroxylation is 2. The molecule has 3 aromatic carbocycles. The molecule has 0 aliphatic carbocycles. The fraction of sp³-hybridized carbons (Fsp3) is 0.508. The first-order valence-electron chi connectivity index (χ1n) is 29.8. The van der Waals surface area contributed by atoms with Crippen molar-refractivity contribution in [1.29, 1.82) is 0 Å². The van der Waals surface area contributed by atoms with E-state index < -0.39 is 11.9 Å². The highest BCUT2D eigenvalue weighted by molar-refractivity contribution is 7.13. The zero-order valence-electron chi connectivity index (χ0n) is 48.0. The van der Waals surface area contributed by atoms with Gasteiger partial charge in [-0.2, -0.15) is 4.98 Å². The Morgan fingerprint density at radius 2 is 1.68 bits per heavy atom. The Bertz CT molecular complexity index is 3330. The summed E-state index contributed by atoms with van der Waals surface area (Å²) in [6.45, 7) is 20.7. The lowest BCUT2D eigenvalue weighted by atomic mass is 9.83. The number of aromatic hydroxyl groups is 1. The maximum atomic E-state index is 17.3. The maximum absolute atomic E-state index is 17.3. The Morgan fingerprint density at radius 3 is 2.40 bits per heavy atom. The van der Waals surface area contributed by atoms with Crippen LogP contribution >= 0.6 is 11.3 Å². The summed E-state index contributed by atoms with van der Waals surface area (Å²) in [5, 5.41) is 24.4. The summed E-state index contributed by atoms with van der Waals surface area (Å²) in [5.41, 5.74) is 7.04. The summed E-state index contributed by atoms with van der Waals surface area (Å²) in [5.74, 6) is 3.08. The zero-order valence-corrected chi connectivity index (χ0v) is 48.8. The number of phenols is 1. The molecule has 5 aliphatic rings. The molecule has 5 fully saturated rings. The highest BCUT2D eigenvalue weighted by Gasteiger charge is 2.38. The number of nitrogens with one attached hydrogen (secondary N) is 2. The fourth-order valence-electron chi connectivity index (χ4n) is 13.0. The smallest absolute Gasteiger partial charge is 0.243 e. The number of piperidine rings is 1. The van der Waals surface area contributed by atoms with Crippen molar-refractivity contribution >= 4 is 62.4 Å². The van der Waals surface area contributed by atoms with Crippen LogP contribution in [0.3, 0.4) is 0 Å². The summed E-state index contributed by atoms with van der Waals surface area (Å²) in [6, 6.07) is 19.5. The molecule has 9 heterocycles. The molecule has 2 amide bonds. The van der Waals surface area contributed by atoms with Crippen LogP contribution in [0.4, 0.5) is 22.0 Å². The standard InChI is InChI=1S/C60H71FN12O4S.C3H8/c1-5-40-9-7-10-43-26-46(74)27-48(53(40)43)55-54(61)56-49(30-62-55)58(72-33-44-16-17-45(34-72)65-44)67-60(66-56)70(6-2)24-23-69-21-18-38(19-22-69)25-39-31-71(32-39)51-28-47(77-68-51)29-52(75)73-20-8-11-50(73)59(76)64-36(3)41-12-14-42(15-13-41)57-37(4)63-35-78-57;1-3-2/h7,9-10,12-15,26-28,30,35-36,38-39,44-45,50,65,74H,5-6,8,11,16-25,29,31-34H2,1-4H3,(H,64,76);3H2,1-2H3. The SMILES string of the molecule is CCC.CCc1cccc2cc(O)cc(-c3ncc4c(N5CC6CCC(C5)N6)nc(N(CC)CCN5CCC(CC6CN(c7cc(CC(=O)N8CCCC8C(=O)NC(C)c8ccc(-c9scnc9C)cc8)on7)C6)CC5)nc4c3F)c12. The molecule has 5 saturated heterocycles. The Kier molecular flexibility index (Phi) is 17.2. The summed E-state index contributed by atoms with van der Waals surface area (Å²) in [7, 11) is 0. The van der Waals surface area contributed by atoms with Gasteiger partial charge in [0.1, 0.15) is 34.6 Å². The van der Waals surface area contributed by atoms with Gasteiger partial charge in [0.15, 0.2) is 11.6 Å². The number of anilines is 3.